The van der Waals surface area contributed by atoms with Crippen LogP contribution in [0.15, 0.2) is 0 Å². The molecule has 0 aromatic rings. The molecule has 0 aromatic heterocycles. The first kappa shape index (κ1) is 25.6. The molecule has 1 saturated carbocycles. The van der Waals surface area contributed by atoms with E-state index in [4.69, 9.17) is 0 Å². The van der Waals surface area contributed by atoms with Gasteiger partial charge in [0.15, 0.2) is 0 Å². The number of nitrogens with one attached hydrogen (secondary N) is 2. The molecular weight excluding hydrogens is 300 g/mol. The van der Waals surface area contributed by atoms with Crippen molar-refractivity contribution in [2.75, 3.05) is 0 Å². The molecule has 0 bridgehead atoms. The summed E-state index contributed by atoms with van der Waals surface area (Å²) in [6.07, 6.45) is 4.38. The standard InChI is InChI=1S/C14H26N2O2.2CH3.Ti/c1-10(2)14(11(3)4)6-12(15-8-17)5-13(7-14)16-9-18;;;/h8-13H,5-7H2,1-4H3,(H,15,17)(H,16,18);2*1H3;/q;2*-1;+2. The van der Waals surface area contributed by atoms with Gasteiger partial charge in [-0.05, 0) is 36.5 Å². The minimum absolute atomic E-state index is 0. The van der Waals surface area contributed by atoms with Crippen molar-refractivity contribution in [1.29, 1.82) is 0 Å². The average molecular weight is 332 g/mol. The zero-order valence-electron chi connectivity index (χ0n) is 14.4. The van der Waals surface area contributed by atoms with Gasteiger partial charge in [-0.25, -0.2) is 0 Å². The van der Waals surface area contributed by atoms with Gasteiger partial charge in [0.1, 0.15) is 0 Å². The minimum Gasteiger partial charge on any atom is -0.358 e. The Labute approximate surface area is 146 Å². The second-order valence-corrected chi connectivity index (χ2v) is 6.15. The predicted octanol–water partition coefficient (Wildman–Crippen LogP) is 2.60. The summed E-state index contributed by atoms with van der Waals surface area (Å²) in [4.78, 5) is 21.4. The SMILES string of the molecule is CC(C)C1(C(C)C)CC(NC=O)CC(NC=O)C1.[CH3-].[CH3-].[Ti+2]. The fourth-order valence-electron chi connectivity index (χ4n) is 3.57. The van der Waals surface area contributed by atoms with Crippen LogP contribution in [0.4, 0.5) is 0 Å². The Balaban J connectivity index is -0.00000108. The van der Waals surface area contributed by atoms with Crippen LogP contribution in [-0.4, -0.2) is 24.9 Å². The molecule has 1 fully saturated rings. The molecule has 0 aromatic carbocycles. The van der Waals surface area contributed by atoms with E-state index in [0.29, 0.717) is 11.8 Å². The van der Waals surface area contributed by atoms with Crippen molar-refractivity contribution < 1.29 is 31.3 Å². The topological polar surface area (TPSA) is 58.2 Å². The van der Waals surface area contributed by atoms with E-state index in [-0.39, 0.29) is 54.1 Å². The van der Waals surface area contributed by atoms with Gasteiger partial charge in [0.2, 0.25) is 12.8 Å². The van der Waals surface area contributed by atoms with Gasteiger partial charge in [-0.3, -0.25) is 9.59 Å². The van der Waals surface area contributed by atoms with E-state index in [0.717, 1.165) is 32.1 Å². The first-order valence-electron chi connectivity index (χ1n) is 6.85. The van der Waals surface area contributed by atoms with E-state index in [1.54, 1.807) is 0 Å². The van der Waals surface area contributed by atoms with Crippen LogP contribution in [0.5, 0.6) is 0 Å². The van der Waals surface area contributed by atoms with Gasteiger partial charge in [-0.1, -0.05) is 27.7 Å². The summed E-state index contributed by atoms with van der Waals surface area (Å²) < 4.78 is 0. The third-order valence-electron chi connectivity index (χ3n) is 4.73. The molecule has 1 aliphatic carbocycles. The molecule has 2 unspecified atom stereocenters. The van der Waals surface area contributed by atoms with Crippen molar-refractivity contribution in [3.8, 4) is 0 Å². The normalized spacial score (nSPS) is 23.1. The molecule has 2 N–H and O–H groups in total. The second kappa shape index (κ2) is 11.3. The average Bonchev–Trinajstić information content (AvgIpc) is 2.28. The summed E-state index contributed by atoms with van der Waals surface area (Å²) in [6, 6.07) is 0.331. The molecule has 0 heterocycles. The number of amides is 2. The zero-order chi connectivity index (χ0) is 13.8. The monoisotopic (exact) mass is 332 g/mol. The van der Waals surface area contributed by atoms with Crippen molar-refractivity contribution in [2.24, 2.45) is 17.3 Å². The first-order valence-corrected chi connectivity index (χ1v) is 6.85. The first-order chi connectivity index (χ1) is 8.46. The van der Waals surface area contributed by atoms with E-state index in [2.05, 4.69) is 38.3 Å². The van der Waals surface area contributed by atoms with Crippen LogP contribution < -0.4 is 10.6 Å². The summed E-state index contributed by atoms with van der Waals surface area (Å²) in [7, 11) is 0. The van der Waals surface area contributed by atoms with Crippen molar-refractivity contribution >= 4 is 12.8 Å². The number of hydrogen-bond donors (Lipinski definition) is 2. The maximum atomic E-state index is 10.7. The molecule has 5 heteroatoms. The number of rotatable bonds is 6. The Hall–Kier alpha value is -0.346. The molecule has 0 spiro atoms. The molecule has 0 saturated heterocycles. The molecular formula is C16H32N2O2Ti. The van der Waals surface area contributed by atoms with Crippen molar-refractivity contribution in [1.82, 2.24) is 10.6 Å². The number of carbonyl (C=O) groups excluding carboxylic acids is 2. The number of carbonyl (C=O) groups is 2. The van der Waals surface area contributed by atoms with Crippen LogP contribution in [0.2, 0.25) is 0 Å². The maximum absolute atomic E-state index is 10.7. The largest absolute Gasteiger partial charge is 2.00 e. The maximum Gasteiger partial charge on any atom is 2.00 e. The Morgan fingerprint density at radius 2 is 1.24 bits per heavy atom. The van der Waals surface area contributed by atoms with Crippen molar-refractivity contribution in [2.45, 2.75) is 59.0 Å². The van der Waals surface area contributed by atoms with E-state index in [9.17, 15) is 9.59 Å². The fourth-order valence-corrected chi connectivity index (χ4v) is 3.57. The van der Waals surface area contributed by atoms with Gasteiger partial charge >= 0.3 is 21.7 Å². The van der Waals surface area contributed by atoms with Crippen LogP contribution in [0.25, 0.3) is 0 Å². The molecule has 21 heavy (non-hydrogen) atoms. The Morgan fingerprint density at radius 3 is 1.48 bits per heavy atom. The van der Waals surface area contributed by atoms with Crippen LogP contribution in [0.1, 0.15) is 47.0 Å². The Kier molecular flexibility index (Phi) is 13.7. The molecule has 2 amide bonds. The van der Waals surface area contributed by atoms with Crippen LogP contribution in [0.3, 0.4) is 0 Å². The molecule has 0 aliphatic heterocycles. The minimum atomic E-state index is 0. The van der Waals surface area contributed by atoms with Crippen molar-refractivity contribution in [3.05, 3.63) is 14.9 Å². The molecule has 0 radical (unpaired) electrons. The second-order valence-electron chi connectivity index (χ2n) is 6.15. The van der Waals surface area contributed by atoms with Gasteiger partial charge in [0, 0.05) is 12.1 Å². The smallest absolute Gasteiger partial charge is 0.358 e. The Bertz CT molecular complexity index is 268. The molecule has 4 nitrogen and oxygen atoms in total. The molecule has 2 atom stereocenters. The Morgan fingerprint density at radius 1 is 0.905 bits per heavy atom. The van der Waals surface area contributed by atoms with E-state index < -0.39 is 0 Å². The van der Waals surface area contributed by atoms with E-state index in [1.807, 2.05) is 0 Å². The van der Waals surface area contributed by atoms with Crippen LogP contribution >= 0.6 is 0 Å². The van der Waals surface area contributed by atoms with Gasteiger partial charge in [-0.15, -0.1) is 0 Å². The molecule has 1 rings (SSSR count). The summed E-state index contributed by atoms with van der Waals surface area (Å²) in [6.45, 7) is 8.95. The predicted molar refractivity (Wildman–Crippen MR) is 84.8 cm³/mol. The quantitative estimate of drug-likeness (QED) is 0.446. The summed E-state index contributed by atoms with van der Waals surface area (Å²) in [5, 5.41) is 5.80. The van der Waals surface area contributed by atoms with E-state index >= 15 is 0 Å². The van der Waals surface area contributed by atoms with E-state index in [1.165, 1.54) is 0 Å². The van der Waals surface area contributed by atoms with Crippen LogP contribution in [0, 0.1) is 32.1 Å². The summed E-state index contributed by atoms with van der Waals surface area (Å²) >= 11 is 0. The summed E-state index contributed by atoms with van der Waals surface area (Å²) in [5.74, 6) is 1.06. The van der Waals surface area contributed by atoms with Crippen molar-refractivity contribution in [3.63, 3.8) is 0 Å². The van der Waals surface area contributed by atoms with Gasteiger partial charge < -0.3 is 25.5 Å². The van der Waals surface area contributed by atoms with Crippen LogP contribution in [-0.2, 0) is 31.3 Å². The van der Waals surface area contributed by atoms with Gasteiger partial charge in [0.25, 0.3) is 0 Å². The zero-order valence-corrected chi connectivity index (χ0v) is 16.0. The molecule has 122 valence electrons. The number of hydrogen-bond acceptors (Lipinski definition) is 2. The van der Waals surface area contributed by atoms with Gasteiger partial charge in [0.05, 0.1) is 0 Å². The third kappa shape index (κ3) is 6.11. The summed E-state index contributed by atoms with van der Waals surface area (Å²) in [5.41, 5.74) is 0.180. The fraction of sp³-hybridized carbons (Fsp3) is 0.750. The van der Waals surface area contributed by atoms with Gasteiger partial charge in [-0.2, -0.15) is 0 Å². The molecule has 1 aliphatic rings. The third-order valence-corrected chi connectivity index (χ3v) is 4.73.